The number of piperazine rings is 1. The lowest BCUT2D eigenvalue weighted by Crippen LogP contribution is -2.49. The van der Waals surface area contributed by atoms with Gasteiger partial charge in [0.1, 0.15) is 5.75 Å². The number of amides is 2. The molecule has 0 radical (unpaired) electrons. The Hall–Kier alpha value is -3.55. The molecule has 0 saturated carbocycles. The maximum Gasteiger partial charge on any atom is 0.259 e. The van der Waals surface area contributed by atoms with E-state index < -0.39 is 0 Å². The molecule has 0 atom stereocenters. The van der Waals surface area contributed by atoms with Crippen LogP contribution in [0.4, 0.5) is 11.4 Å². The summed E-state index contributed by atoms with van der Waals surface area (Å²) in [5, 5.41) is 5.38. The first kappa shape index (κ1) is 26.1. The number of hydrogen-bond acceptors (Lipinski definition) is 4. The van der Waals surface area contributed by atoms with E-state index in [1.165, 1.54) is 0 Å². The summed E-state index contributed by atoms with van der Waals surface area (Å²) in [4.78, 5) is 30.2. The van der Waals surface area contributed by atoms with E-state index in [-0.39, 0.29) is 11.8 Å². The van der Waals surface area contributed by atoms with Crippen LogP contribution in [0.3, 0.4) is 0 Å². The van der Waals surface area contributed by atoms with Gasteiger partial charge in [-0.05, 0) is 69.5 Å². The lowest BCUT2D eigenvalue weighted by molar-refractivity contribution is 0.0746. The number of hydrogen-bond donors (Lipinski definition) is 1. The zero-order valence-electron chi connectivity index (χ0n) is 21.1. The van der Waals surface area contributed by atoms with Crippen molar-refractivity contribution in [3.8, 4) is 5.75 Å². The molecule has 1 heterocycles. The number of fused-ring (bicyclic) bond motifs is 1. The number of carbonyl (C=O) groups excluding carboxylic acids is 2. The zero-order valence-corrected chi connectivity index (χ0v) is 23.5. The summed E-state index contributed by atoms with van der Waals surface area (Å²) in [5.74, 6) is 0.241. The molecular weight excluding hydrogens is 566 g/mol. The van der Waals surface area contributed by atoms with Crippen LogP contribution < -0.4 is 15.0 Å². The second-order valence-corrected chi connectivity index (χ2v) is 10.4. The monoisotopic (exact) mass is 591 g/mol. The third-order valence-electron chi connectivity index (χ3n) is 6.88. The fraction of sp³-hybridized carbons (Fsp3) is 0.200. The van der Waals surface area contributed by atoms with Crippen molar-refractivity contribution >= 4 is 61.5 Å². The first-order valence-corrected chi connectivity index (χ1v) is 13.5. The molecule has 4 aromatic carbocycles. The molecule has 1 saturated heterocycles. The van der Waals surface area contributed by atoms with E-state index in [1.807, 2.05) is 78.6 Å². The Kier molecular flexibility index (Phi) is 7.58. The van der Waals surface area contributed by atoms with Crippen molar-refractivity contribution in [3.63, 3.8) is 0 Å². The SMILES string of the molecule is COc1c(C(=O)Nc2ccc(N3CCN(C(=O)c4ccccc4C)CC3)c(Cl)c2)cc2ccccc2c1Br. The molecule has 1 aliphatic heterocycles. The fourth-order valence-electron chi connectivity index (χ4n) is 4.83. The van der Waals surface area contributed by atoms with Crippen LogP contribution in [0.25, 0.3) is 10.8 Å². The number of ether oxygens (including phenoxy) is 1. The number of carbonyl (C=O) groups is 2. The van der Waals surface area contributed by atoms with Crippen molar-refractivity contribution in [2.75, 3.05) is 43.5 Å². The van der Waals surface area contributed by atoms with Gasteiger partial charge in [0.25, 0.3) is 11.8 Å². The standard InChI is InChI=1S/C30H27BrClN3O3/c1-19-7-3-5-9-22(19)30(37)35-15-13-34(14-16-35)26-12-11-21(18-25(26)32)33-29(36)24-17-20-8-4-6-10-23(20)27(31)28(24)38-2/h3-12,17-18H,13-16H2,1-2H3,(H,33,36). The Morgan fingerprint density at radius 1 is 0.921 bits per heavy atom. The number of aryl methyl sites for hydroxylation is 1. The number of nitrogens with one attached hydrogen (secondary N) is 1. The van der Waals surface area contributed by atoms with Gasteiger partial charge in [-0.1, -0.05) is 54.1 Å². The predicted octanol–water partition coefficient (Wildman–Crippen LogP) is 6.79. The van der Waals surface area contributed by atoms with Crippen LogP contribution in [0.5, 0.6) is 5.75 Å². The van der Waals surface area contributed by atoms with Gasteiger partial charge < -0.3 is 19.9 Å². The quantitative estimate of drug-likeness (QED) is 0.277. The molecule has 8 heteroatoms. The summed E-state index contributed by atoms with van der Waals surface area (Å²) < 4.78 is 6.29. The molecule has 0 unspecified atom stereocenters. The predicted molar refractivity (Wildman–Crippen MR) is 157 cm³/mol. The van der Waals surface area contributed by atoms with E-state index >= 15 is 0 Å². The van der Waals surface area contributed by atoms with E-state index in [0.29, 0.717) is 48.2 Å². The largest absolute Gasteiger partial charge is 0.495 e. The molecule has 194 valence electrons. The van der Waals surface area contributed by atoms with Crippen molar-refractivity contribution in [2.45, 2.75) is 6.92 Å². The zero-order chi connectivity index (χ0) is 26.8. The highest BCUT2D eigenvalue weighted by molar-refractivity contribution is 9.10. The molecule has 1 aliphatic rings. The van der Waals surface area contributed by atoms with E-state index in [2.05, 4.69) is 26.1 Å². The minimum Gasteiger partial charge on any atom is -0.495 e. The van der Waals surface area contributed by atoms with Crippen LogP contribution in [0.15, 0.2) is 77.3 Å². The van der Waals surface area contributed by atoms with Crippen LogP contribution in [0.1, 0.15) is 26.3 Å². The Morgan fingerprint density at radius 2 is 1.63 bits per heavy atom. The maximum atomic E-state index is 13.2. The van der Waals surface area contributed by atoms with Crippen molar-refractivity contribution in [1.82, 2.24) is 4.90 Å². The second kappa shape index (κ2) is 11.1. The molecule has 4 aromatic rings. The Morgan fingerprint density at radius 3 is 2.34 bits per heavy atom. The molecule has 0 spiro atoms. The molecule has 38 heavy (non-hydrogen) atoms. The molecule has 1 N–H and O–H groups in total. The molecule has 5 rings (SSSR count). The van der Waals surface area contributed by atoms with Gasteiger partial charge in [0.05, 0.1) is 27.9 Å². The van der Waals surface area contributed by atoms with Gasteiger partial charge in [-0.15, -0.1) is 0 Å². The maximum absolute atomic E-state index is 13.2. The Bertz CT molecular complexity index is 1530. The third-order valence-corrected chi connectivity index (χ3v) is 7.97. The topological polar surface area (TPSA) is 61.9 Å². The highest BCUT2D eigenvalue weighted by atomic mass is 79.9. The summed E-state index contributed by atoms with van der Waals surface area (Å²) in [6.07, 6.45) is 0. The van der Waals surface area contributed by atoms with Gasteiger partial charge >= 0.3 is 0 Å². The molecule has 1 fully saturated rings. The number of rotatable bonds is 5. The van der Waals surface area contributed by atoms with Gasteiger partial charge in [-0.25, -0.2) is 0 Å². The average molecular weight is 593 g/mol. The van der Waals surface area contributed by atoms with E-state index in [4.69, 9.17) is 16.3 Å². The first-order chi connectivity index (χ1) is 18.4. The smallest absolute Gasteiger partial charge is 0.259 e. The minimum absolute atomic E-state index is 0.0580. The fourth-order valence-corrected chi connectivity index (χ4v) is 5.86. The van der Waals surface area contributed by atoms with Gasteiger partial charge in [0, 0.05) is 37.4 Å². The summed E-state index contributed by atoms with van der Waals surface area (Å²) in [5.41, 5.74) is 3.61. The number of anilines is 2. The van der Waals surface area contributed by atoms with E-state index in [9.17, 15) is 9.59 Å². The van der Waals surface area contributed by atoms with Crippen molar-refractivity contribution < 1.29 is 14.3 Å². The van der Waals surface area contributed by atoms with Crippen LogP contribution in [-0.2, 0) is 0 Å². The molecule has 0 bridgehead atoms. The van der Waals surface area contributed by atoms with Gasteiger partial charge in [0.15, 0.2) is 0 Å². The lowest BCUT2D eigenvalue weighted by Gasteiger charge is -2.36. The molecule has 0 aliphatic carbocycles. The first-order valence-electron chi connectivity index (χ1n) is 12.3. The number of benzene rings is 4. The second-order valence-electron chi connectivity index (χ2n) is 9.21. The normalized spacial score (nSPS) is 13.5. The van der Waals surface area contributed by atoms with Crippen molar-refractivity contribution in [1.29, 1.82) is 0 Å². The van der Waals surface area contributed by atoms with Crippen LogP contribution in [0.2, 0.25) is 5.02 Å². The van der Waals surface area contributed by atoms with Crippen LogP contribution >= 0.6 is 27.5 Å². The Labute approximate surface area is 235 Å². The molecule has 0 aromatic heterocycles. The summed E-state index contributed by atoms with van der Waals surface area (Å²) in [6.45, 7) is 4.52. The number of methoxy groups -OCH3 is 1. The molecular formula is C30H27BrClN3O3. The number of nitrogens with zero attached hydrogens (tertiary/aromatic N) is 2. The van der Waals surface area contributed by atoms with Gasteiger partial charge in [-0.2, -0.15) is 0 Å². The van der Waals surface area contributed by atoms with E-state index in [0.717, 1.165) is 32.1 Å². The number of halogens is 2. The Balaban J connectivity index is 1.28. The summed E-state index contributed by atoms with van der Waals surface area (Å²) in [6, 6.07) is 22.8. The van der Waals surface area contributed by atoms with Crippen molar-refractivity contribution in [3.05, 3.63) is 99.0 Å². The highest BCUT2D eigenvalue weighted by Gasteiger charge is 2.24. The molecule has 2 amide bonds. The highest BCUT2D eigenvalue weighted by Crippen LogP contribution is 2.37. The minimum atomic E-state index is -0.291. The summed E-state index contributed by atoms with van der Waals surface area (Å²) >= 11 is 10.2. The van der Waals surface area contributed by atoms with Crippen LogP contribution in [0, 0.1) is 6.92 Å². The average Bonchev–Trinajstić information content (AvgIpc) is 2.93. The lowest BCUT2D eigenvalue weighted by atomic mass is 10.0. The van der Waals surface area contributed by atoms with Crippen LogP contribution in [-0.4, -0.2) is 50.0 Å². The van der Waals surface area contributed by atoms with E-state index in [1.54, 1.807) is 13.2 Å². The third kappa shape index (κ3) is 5.08. The van der Waals surface area contributed by atoms with Gasteiger partial charge in [0.2, 0.25) is 0 Å². The van der Waals surface area contributed by atoms with Gasteiger partial charge in [-0.3, -0.25) is 9.59 Å². The van der Waals surface area contributed by atoms with Crippen molar-refractivity contribution in [2.24, 2.45) is 0 Å². The summed E-state index contributed by atoms with van der Waals surface area (Å²) in [7, 11) is 1.55. The molecule has 6 nitrogen and oxygen atoms in total.